The van der Waals surface area contributed by atoms with E-state index >= 15 is 0 Å². The fourth-order valence-electron chi connectivity index (χ4n) is 2.01. The second-order valence-corrected chi connectivity index (χ2v) is 7.03. The maximum absolute atomic E-state index is 11.7. The van der Waals surface area contributed by atoms with Gasteiger partial charge in [-0.2, -0.15) is 0 Å². The molecule has 0 aromatic rings. The Labute approximate surface area is 116 Å². The second-order valence-electron chi connectivity index (χ2n) is 6.18. The van der Waals surface area contributed by atoms with Crippen LogP contribution < -0.4 is 0 Å². The highest BCUT2D eigenvalue weighted by molar-refractivity contribution is 9.12. The Hall–Kier alpha value is -0.840. The summed E-state index contributed by atoms with van der Waals surface area (Å²) in [5, 5.41) is 9.04. The summed E-state index contributed by atoms with van der Waals surface area (Å²) in [7, 11) is 0. The molecule has 1 fully saturated rings. The molecule has 0 spiro atoms. The lowest BCUT2D eigenvalue weighted by Crippen LogP contribution is -2.23. The molecule has 0 aromatic heterocycles. The first kappa shape index (κ1) is 15.2. The molecule has 0 radical (unpaired) electrons. The van der Waals surface area contributed by atoms with Crippen molar-refractivity contribution in [3.8, 4) is 0 Å². The SMILES string of the molecule is CC(C)(C)OC(=O)C(Br)=CC1C(C(=O)O)C1(C)C. The van der Waals surface area contributed by atoms with E-state index in [2.05, 4.69) is 15.9 Å². The zero-order valence-corrected chi connectivity index (χ0v) is 12.9. The second kappa shape index (κ2) is 4.68. The van der Waals surface area contributed by atoms with E-state index in [4.69, 9.17) is 9.84 Å². The predicted molar refractivity (Wildman–Crippen MR) is 71.3 cm³/mol. The van der Waals surface area contributed by atoms with Gasteiger partial charge in [-0.05, 0) is 48.0 Å². The molecular formula is C13H19BrO4. The summed E-state index contributed by atoms with van der Waals surface area (Å²) in [6.07, 6.45) is 1.65. The molecule has 1 aliphatic carbocycles. The molecular weight excluding hydrogens is 300 g/mol. The van der Waals surface area contributed by atoms with Crippen molar-refractivity contribution in [3.05, 3.63) is 10.6 Å². The predicted octanol–water partition coefficient (Wildman–Crippen LogP) is 2.96. The highest BCUT2D eigenvalue weighted by Crippen LogP contribution is 2.59. The average molecular weight is 319 g/mol. The molecule has 1 aliphatic rings. The molecule has 5 heteroatoms. The van der Waals surface area contributed by atoms with Gasteiger partial charge >= 0.3 is 11.9 Å². The van der Waals surface area contributed by atoms with E-state index in [0.717, 1.165) is 0 Å². The van der Waals surface area contributed by atoms with Crippen LogP contribution in [0.4, 0.5) is 0 Å². The Kier molecular flexibility index (Phi) is 3.96. The summed E-state index contributed by atoms with van der Waals surface area (Å²) in [5.41, 5.74) is -0.873. The molecule has 0 bridgehead atoms. The topological polar surface area (TPSA) is 63.6 Å². The van der Waals surface area contributed by atoms with E-state index in [1.54, 1.807) is 26.8 Å². The van der Waals surface area contributed by atoms with Crippen molar-refractivity contribution in [1.29, 1.82) is 0 Å². The van der Waals surface area contributed by atoms with E-state index in [1.807, 2.05) is 13.8 Å². The van der Waals surface area contributed by atoms with Gasteiger partial charge < -0.3 is 9.84 Å². The van der Waals surface area contributed by atoms with E-state index in [9.17, 15) is 9.59 Å². The van der Waals surface area contributed by atoms with Crippen LogP contribution in [0, 0.1) is 17.3 Å². The number of allylic oxidation sites excluding steroid dienone is 1. The van der Waals surface area contributed by atoms with Gasteiger partial charge in [-0.25, -0.2) is 4.79 Å². The van der Waals surface area contributed by atoms with Crippen LogP contribution in [-0.2, 0) is 14.3 Å². The van der Waals surface area contributed by atoms with Gasteiger partial charge in [0.25, 0.3) is 0 Å². The standard InChI is InChI=1S/C13H19BrO4/c1-12(2,3)18-11(17)8(14)6-7-9(10(15)16)13(7,4)5/h6-7,9H,1-5H3,(H,15,16). The van der Waals surface area contributed by atoms with Crippen LogP contribution in [0.1, 0.15) is 34.6 Å². The number of esters is 1. The zero-order chi connectivity index (χ0) is 14.3. The molecule has 1 rings (SSSR count). The third-order valence-corrected chi connectivity index (χ3v) is 3.68. The molecule has 0 amide bonds. The van der Waals surface area contributed by atoms with Crippen molar-refractivity contribution in [3.63, 3.8) is 0 Å². The van der Waals surface area contributed by atoms with Crippen LogP contribution in [-0.4, -0.2) is 22.6 Å². The molecule has 2 unspecified atom stereocenters. The van der Waals surface area contributed by atoms with Gasteiger partial charge in [0.05, 0.1) is 10.4 Å². The van der Waals surface area contributed by atoms with Crippen LogP contribution in [0.25, 0.3) is 0 Å². The van der Waals surface area contributed by atoms with Crippen molar-refractivity contribution in [2.75, 3.05) is 0 Å². The minimum absolute atomic E-state index is 0.142. The van der Waals surface area contributed by atoms with Gasteiger partial charge in [0.2, 0.25) is 0 Å². The van der Waals surface area contributed by atoms with Gasteiger partial charge in [0.1, 0.15) is 5.60 Å². The van der Waals surface area contributed by atoms with Crippen molar-refractivity contribution in [1.82, 2.24) is 0 Å². The average Bonchev–Trinajstić information content (AvgIpc) is 2.64. The van der Waals surface area contributed by atoms with Crippen LogP contribution >= 0.6 is 15.9 Å². The zero-order valence-electron chi connectivity index (χ0n) is 11.3. The summed E-state index contributed by atoms with van der Waals surface area (Å²) in [5.74, 6) is -1.87. The van der Waals surface area contributed by atoms with Crippen LogP contribution in [0.3, 0.4) is 0 Å². The molecule has 102 valence electrons. The molecule has 0 aliphatic heterocycles. The van der Waals surface area contributed by atoms with Crippen LogP contribution in [0.5, 0.6) is 0 Å². The molecule has 0 aromatic carbocycles. The Balaban J connectivity index is 2.74. The Bertz CT molecular complexity index is 404. The monoisotopic (exact) mass is 318 g/mol. The number of carbonyl (C=O) groups is 2. The van der Waals surface area contributed by atoms with Crippen LogP contribution in [0.15, 0.2) is 10.6 Å². The number of hydrogen-bond donors (Lipinski definition) is 1. The van der Waals surface area contributed by atoms with Gasteiger partial charge in [-0.15, -0.1) is 0 Å². The molecule has 0 heterocycles. The molecule has 4 nitrogen and oxygen atoms in total. The smallest absolute Gasteiger partial charge is 0.345 e. The first-order valence-corrected chi connectivity index (χ1v) is 6.59. The minimum atomic E-state index is -0.828. The van der Waals surface area contributed by atoms with Crippen molar-refractivity contribution < 1.29 is 19.4 Å². The number of halogens is 1. The number of aliphatic carboxylic acids is 1. The fourth-order valence-corrected chi connectivity index (χ4v) is 2.38. The van der Waals surface area contributed by atoms with Crippen molar-refractivity contribution in [2.45, 2.75) is 40.2 Å². The summed E-state index contributed by atoms with van der Waals surface area (Å²) in [6.45, 7) is 9.11. The highest BCUT2D eigenvalue weighted by Gasteiger charge is 2.61. The molecule has 0 saturated heterocycles. The third kappa shape index (κ3) is 3.34. The summed E-state index contributed by atoms with van der Waals surface area (Å²) in [4.78, 5) is 22.7. The van der Waals surface area contributed by atoms with E-state index < -0.39 is 23.5 Å². The van der Waals surface area contributed by atoms with Gasteiger partial charge in [0, 0.05) is 0 Å². The number of ether oxygens (including phenoxy) is 1. The summed E-state index contributed by atoms with van der Waals surface area (Å²) in [6, 6.07) is 0. The Morgan fingerprint density at radius 3 is 2.17 bits per heavy atom. The van der Waals surface area contributed by atoms with E-state index in [1.165, 1.54) is 0 Å². The van der Waals surface area contributed by atoms with Crippen molar-refractivity contribution in [2.24, 2.45) is 17.3 Å². The van der Waals surface area contributed by atoms with Crippen molar-refractivity contribution >= 4 is 27.9 Å². The summed E-state index contributed by atoms with van der Waals surface area (Å²) >= 11 is 3.16. The fraction of sp³-hybridized carbons (Fsp3) is 0.692. The molecule has 1 N–H and O–H groups in total. The van der Waals surface area contributed by atoms with Gasteiger partial charge in [-0.1, -0.05) is 19.9 Å². The largest absolute Gasteiger partial charge is 0.481 e. The lowest BCUT2D eigenvalue weighted by Gasteiger charge is -2.19. The normalized spacial score (nSPS) is 26.7. The number of carboxylic acid groups (broad SMARTS) is 1. The lowest BCUT2D eigenvalue weighted by molar-refractivity contribution is -0.149. The molecule has 2 atom stereocenters. The van der Waals surface area contributed by atoms with E-state index in [0.29, 0.717) is 4.48 Å². The van der Waals surface area contributed by atoms with E-state index in [-0.39, 0.29) is 11.3 Å². The maximum Gasteiger partial charge on any atom is 0.345 e. The number of rotatable bonds is 3. The van der Waals surface area contributed by atoms with Gasteiger partial charge in [-0.3, -0.25) is 4.79 Å². The molecule has 18 heavy (non-hydrogen) atoms. The lowest BCUT2D eigenvalue weighted by atomic mass is 10.1. The quantitative estimate of drug-likeness (QED) is 0.642. The van der Waals surface area contributed by atoms with Crippen LogP contribution in [0.2, 0.25) is 0 Å². The Morgan fingerprint density at radius 2 is 1.83 bits per heavy atom. The first-order chi connectivity index (χ1) is 7.97. The number of carboxylic acids is 1. The maximum atomic E-state index is 11.7. The number of hydrogen-bond acceptors (Lipinski definition) is 3. The van der Waals surface area contributed by atoms with Gasteiger partial charge in [0.15, 0.2) is 0 Å². The highest BCUT2D eigenvalue weighted by atomic mass is 79.9. The number of carbonyl (C=O) groups excluding carboxylic acids is 1. The minimum Gasteiger partial charge on any atom is -0.481 e. The summed E-state index contributed by atoms with van der Waals surface area (Å²) < 4.78 is 5.48. The first-order valence-electron chi connectivity index (χ1n) is 5.80. The third-order valence-electron chi connectivity index (χ3n) is 3.10. The Morgan fingerprint density at radius 1 is 1.33 bits per heavy atom. The molecule has 1 saturated carbocycles.